The van der Waals surface area contributed by atoms with Crippen molar-refractivity contribution in [3.8, 4) is 0 Å². The lowest BCUT2D eigenvalue weighted by Crippen LogP contribution is -2.37. The lowest BCUT2D eigenvalue weighted by molar-refractivity contribution is -0.693. The van der Waals surface area contributed by atoms with Gasteiger partial charge in [0.15, 0.2) is 12.4 Å². The Bertz CT molecular complexity index is 350. The molecule has 0 saturated carbocycles. The first-order valence-electron chi connectivity index (χ1n) is 4.51. The van der Waals surface area contributed by atoms with Crippen LogP contribution in [0, 0.1) is 6.92 Å². The van der Waals surface area contributed by atoms with Gasteiger partial charge < -0.3 is 9.90 Å². The summed E-state index contributed by atoms with van der Waals surface area (Å²) in [6, 6.07) is 4.17. The van der Waals surface area contributed by atoms with E-state index in [0.717, 1.165) is 6.54 Å². The van der Waals surface area contributed by atoms with Gasteiger partial charge in [-0.25, -0.2) is 4.57 Å². The van der Waals surface area contributed by atoms with Crippen LogP contribution in [0.3, 0.4) is 0 Å². The van der Waals surface area contributed by atoms with E-state index < -0.39 is 12.1 Å². The fourth-order valence-corrected chi connectivity index (χ4v) is 0.850. The third-order valence-corrected chi connectivity index (χ3v) is 1.60. The number of pyridine rings is 1. The highest BCUT2D eigenvalue weighted by Gasteiger charge is 2.28. The van der Waals surface area contributed by atoms with Crippen LogP contribution in [0.25, 0.3) is 0 Å². The van der Waals surface area contributed by atoms with Gasteiger partial charge in [-0.15, -0.1) is 0 Å². The van der Waals surface area contributed by atoms with E-state index in [1.54, 1.807) is 0 Å². The van der Waals surface area contributed by atoms with E-state index >= 15 is 0 Å². The van der Waals surface area contributed by atoms with Gasteiger partial charge in [-0.1, -0.05) is 0 Å². The summed E-state index contributed by atoms with van der Waals surface area (Å²) in [5.41, 5.74) is 1.32. The molecule has 0 spiro atoms. The Morgan fingerprint density at radius 3 is 2.25 bits per heavy atom. The molecule has 0 aromatic carbocycles. The van der Waals surface area contributed by atoms with Gasteiger partial charge in [0.25, 0.3) is 0 Å². The van der Waals surface area contributed by atoms with E-state index in [2.05, 4.69) is 42.9 Å². The first-order chi connectivity index (χ1) is 7.27. The SMILES string of the molecule is CC[n+]1cccc(C)c1.O=C([O-])C(F)(F)F. The van der Waals surface area contributed by atoms with Crippen LogP contribution in [0.1, 0.15) is 12.5 Å². The highest BCUT2D eigenvalue weighted by Crippen LogP contribution is 2.11. The van der Waals surface area contributed by atoms with Crippen molar-refractivity contribution < 1.29 is 27.6 Å². The molecule has 0 atom stereocenters. The van der Waals surface area contributed by atoms with Crippen LogP contribution in [0.5, 0.6) is 0 Å². The molecule has 6 heteroatoms. The number of carbonyl (C=O) groups excluding carboxylic acids is 1. The fourth-order valence-electron chi connectivity index (χ4n) is 0.850. The third kappa shape index (κ3) is 6.00. The van der Waals surface area contributed by atoms with E-state index in [1.807, 2.05) is 0 Å². The summed E-state index contributed by atoms with van der Waals surface area (Å²) in [4.78, 5) is 8.78. The first kappa shape index (κ1) is 14.4. The van der Waals surface area contributed by atoms with Gasteiger partial charge in [0.05, 0.1) is 0 Å². The van der Waals surface area contributed by atoms with Crippen molar-refractivity contribution in [2.45, 2.75) is 26.6 Å². The molecule has 1 rings (SSSR count). The number of halogens is 3. The van der Waals surface area contributed by atoms with E-state index in [-0.39, 0.29) is 0 Å². The maximum absolute atomic E-state index is 10.5. The number of nitrogens with zero attached hydrogens (tertiary/aromatic N) is 1. The average Bonchev–Trinajstić information content (AvgIpc) is 2.17. The van der Waals surface area contributed by atoms with Crippen molar-refractivity contribution in [1.82, 2.24) is 0 Å². The summed E-state index contributed by atoms with van der Waals surface area (Å²) in [6.07, 6.45) is -0.979. The van der Waals surface area contributed by atoms with Crippen molar-refractivity contribution in [2.75, 3.05) is 0 Å². The minimum absolute atomic E-state index is 1.06. The topological polar surface area (TPSA) is 44.0 Å². The Hall–Kier alpha value is -1.59. The molecule has 1 heterocycles. The second-order valence-electron chi connectivity index (χ2n) is 3.00. The van der Waals surface area contributed by atoms with Crippen molar-refractivity contribution >= 4 is 5.97 Å². The van der Waals surface area contributed by atoms with Crippen LogP contribution in [0.15, 0.2) is 24.5 Å². The molecule has 0 amide bonds. The number of carboxylic acid groups (broad SMARTS) is 1. The smallest absolute Gasteiger partial charge is 0.430 e. The van der Waals surface area contributed by atoms with Crippen molar-refractivity contribution in [2.24, 2.45) is 0 Å². The second kappa shape index (κ2) is 6.09. The zero-order valence-electron chi connectivity index (χ0n) is 8.91. The maximum Gasteiger partial charge on any atom is 0.430 e. The Morgan fingerprint density at radius 2 is 2.00 bits per heavy atom. The van der Waals surface area contributed by atoms with Gasteiger partial charge in [-0.05, 0) is 19.9 Å². The summed E-state index contributed by atoms with van der Waals surface area (Å²) in [5, 5.41) is 8.78. The van der Waals surface area contributed by atoms with Crippen molar-refractivity contribution in [1.29, 1.82) is 0 Å². The minimum atomic E-state index is -5.19. The molecule has 90 valence electrons. The summed E-state index contributed by atoms with van der Waals surface area (Å²) in [5.74, 6) is -3.01. The monoisotopic (exact) mass is 235 g/mol. The second-order valence-corrected chi connectivity index (χ2v) is 3.00. The van der Waals surface area contributed by atoms with Crippen LogP contribution < -0.4 is 9.67 Å². The standard InChI is InChI=1S/C8H12N.C2HF3O2/c1-3-9-6-4-5-8(2)7-9;3-2(4,5)1(6)7/h4-7H,3H2,1-2H3;(H,6,7)/q+1;/p-1. The highest BCUT2D eigenvalue weighted by molar-refractivity contribution is 5.70. The van der Waals surface area contributed by atoms with Crippen molar-refractivity contribution in [3.05, 3.63) is 30.1 Å². The lowest BCUT2D eigenvalue weighted by Gasteiger charge is -2.03. The zero-order valence-corrected chi connectivity index (χ0v) is 8.91. The molecule has 0 aliphatic heterocycles. The molecular formula is C10H12F3NO2. The predicted molar refractivity (Wildman–Crippen MR) is 48.1 cm³/mol. The van der Waals surface area contributed by atoms with Gasteiger partial charge >= 0.3 is 6.18 Å². The van der Waals surface area contributed by atoms with Gasteiger partial charge in [0.2, 0.25) is 0 Å². The number of aryl methyl sites for hydroxylation is 2. The van der Waals surface area contributed by atoms with Gasteiger partial charge in [0.1, 0.15) is 12.5 Å². The Morgan fingerprint density at radius 1 is 1.50 bits per heavy atom. The zero-order chi connectivity index (χ0) is 12.8. The predicted octanol–water partition coefficient (Wildman–Crippen LogP) is 0.601. The van der Waals surface area contributed by atoms with E-state index in [4.69, 9.17) is 9.90 Å². The summed E-state index contributed by atoms with van der Waals surface area (Å²) >= 11 is 0. The number of carbonyl (C=O) groups is 1. The van der Waals surface area contributed by atoms with Crippen LogP contribution in [0.2, 0.25) is 0 Å². The summed E-state index contributed by atoms with van der Waals surface area (Å²) in [7, 11) is 0. The molecule has 0 fully saturated rings. The number of alkyl halides is 3. The Kier molecular flexibility index (Phi) is 5.49. The normalized spacial score (nSPS) is 10.3. The molecule has 0 saturated heterocycles. The molecule has 3 nitrogen and oxygen atoms in total. The fraction of sp³-hybridized carbons (Fsp3) is 0.400. The summed E-state index contributed by atoms with van der Waals surface area (Å²) in [6.45, 7) is 5.30. The van der Waals surface area contributed by atoms with Crippen LogP contribution in [0.4, 0.5) is 13.2 Å². The van der Waals surface area contributed by atoms with E-state index in [9.17, 15) is 13.2 Å². The van der Waals surface area contributed by atoms with Crippen molar-refractivity contribution in [3.63, 3.8) is 0 Å². The van der Waals surface area contributed by atoms with E-state index in [0.29, 0.717) is 0 Å². The molecule has 0 radical (unpaired) electrons. The van der Waals surface area contributed by atoms with Gasteiger partial charge in [-0.3, -0.25) is 0 Å². The molecule has 0 unspecified atom stereocenters. The minimum Gasteiger partial charge on any atom is -0.542 e. The molecule has 0 N–H and O–H groups in total. The quantitative estimate of drug-likeness (QED) is 0.669. The Balaban J connectivity index is 0.000000293. The molecule has 16 heavy (non-hydrogen) atoms. The first-order valence-corrected chi connectivity index (χ1v) is 4.51. The molecule has 0 bridgehead atoms. The molecular weight excluding hydrogens is 223 g/mol. The number of hydrogen-bond acceptors (Lipinski definition) is 2. The van der Waals surface area contributed by atoms with Crippen LogP contribution >= 0.6 is 0 Å². The van der Waals surface area contributed by atoms with Gasteiger partial charge in [-0.2, -0.15) is 13.2 Å². The van der Waals surface area contributed by atoms with Gasteiger partial charge in [0, 0.05) is 11.6 Å². The lowest BCUT2D eigenvalue weighted by atomic mass is 10.3. The number of carboxylic acids is 1. The molecule has 1 aromatic rings. The largest absolute Gasteiger partial charge is 0.542 e. The summed E-state index contributed by atoms with van der Waals surface area (Å²) < 4.78 is 33.7. The molecule has 1 aromatic heterocycles. The van der Waals surface area contributed by atoms with E-state index in [1.165, 1.54) is 5.56 Å². The molecule has 0 aliphatic carbocycles. The number of aromatic nitrogens is 1. The van der Waals surface area contributed by atoms with Crippen LogP contribution in [-0.2, 0) is 11.3 Å². The van der Waals surface area contributed by atoms with Crippen LogP contribution in [-0.4, -0.2) is 12.1 Å². The number of rotatable bonds is 1. The third-order valence-electron chi connectivity index (χ3n) is 1.60. The average molecular weight is 235 g/mol. The maximum atomic E-state index is 10.5. The Labute approximate surface area is 91.1 Å². The number of aliphatic carboxylic acids is 1. The molecule has 0 aliphatic rings. The number of hydrogen-bond donors (Lipinski definition) is 0. The highest BCUT2D eigenvalue weighted by atomic mass is 19.4.